The zero-order valence-corrected chi connectivity index (χ0v) is 14.4. The molecule has 128 valence electrons. The van der Waals surface area contributed by atoms with Gasteiger partial charge in [-0.3, -0.25) is 4.79 Å². The molecule has 2 unspecified atom stereocenters. The third-order valence-electron chi connectivity index (χ3n) is 5.80. The molecule has 0 N–H and O–H groups in total. The van der Waals surface area contributed by atoms with Gasteiger partial charge in [-0.2, -0.15) is 0 Å². The van der Waals surface area contributed by atoms with Gasteiger partial charge in [-0.25, -0.2) is 0 Å². The highest BCUT2D eigenvalue weighted by molar-refractivity contribution is 5.95. The Kier molecular flexibility index (Phi) is 4.31. The third-order valence-corrected chi connectivity index (χ3v) is 5.80. The zero-order valence-electron chi connectivity index (χ0n) is 14.4. The van der Waals surface area contributed by atoms with Gasteiger partial charge in [-0.15, -0.1) is 0 Å². The predicted molar refractivity (Wildman–Crippen MR) is 95.4 cm³/mol. The quantitative estimate of drug-likeness (QED) is 0.800. The number of ether oxygens (including phenoxy) is 1. The second-order valence-electron chi connectivity index (χ2n) is 7.14. The molecule has 0 radical (unpaired) electrons. The van der Waals surface area contributed by atoms with Gasteiger partial charge >= 0.3 is 0 Å². The summed E-state index contributed by atoms with van der Waals surface area (Å²) in [5.74, 6) is 0.191. The van der Waals surface area contributed by atoms with Crippen LogP contribution < -0.4 is 4.90 Å². The van der Waals surface area contributed by atoms with Crippen molar-refractivity contribution >= 4 is 11.6 Å². The number of hydrogen-bond acceptors (Lipinski definition) is 3. The Labute approximate surface area is 144 Å². The normalized spacial score (nSPS) is 26.9. The van der Waals surface area contributed by atoms with Crippen molar-refractivity contribution in [1.29, 1.82) is 0 Å². The van der Waals surface area contributed by atoms with Crippen molar-refractivity contribution in [3.8, 4) is 0 Å². The molecule has 3 aliphatic rings. The fourth-order valence-corrected chi connectivity index (χ4v) is 4.36. The van der Waals surface area contributed by atoms with E-state index in [4.69, 9.17) is 4.74 Å². The van der Waals surface area contributed by atoms with Crippen LogP contribution in [-0.2, 0) is 4.74 Å². The van der Waals surface area contributed by atoms with E-state index in [1.807, 2.05) is 12.1 Å². The van der Waals surface area contributed by atoms with Gasteiger partial charge in [-0.05, 0) is 56.4 Å². The van der Waals surface area contributed by atoms with Gasteiger partial charge in [-0.1, -0.05) is 12.2 Å². The molecule has 2 saturated heterocycles. The van der Waals surface area contributed by atoms with Crippen LogP contribution in [-0.4, -0.2) is 49.2 Å². The zero-order chi connectivity index (χ0) is 16.5. The fraction of sp³-hybridized carbons (Fsp3) is 0.550. The predicted octanol–water partition coefficient (Wildman–Crippen LogP) is 3.23. The monoisotopic (exact) mass is 326 g/mol. The molecule has 0 saturated carbocycles. The number of rotatable bonds is 3. The van der Waals surface area contributed by atoms with E-state index in [0.29, 0.717) is 18.2 Å². The Morgan fingerprint density at radius 3 is 2.50 bits per heavy atom. The molecule has 1 aromatic rings. The van der Waals surface area contributed by atoms with E-state index < -0.39 is 0 Å². The van der Waals surface area contributed by atoms with E-state index in [-0.39, 0.29) is 5.91 Å². The first-order valence-corrected chi connectivity index (χ1v) is 9.13. The second kappa shape index (κ2) is 6.60. The molecule has 3 aliphatic heterocycles. The number of hydrogen-bond donors (Lipinski definition) is 0. The van der Waals surface area contributed by atoms with Crippen molar-refractivity contribution in [2.45, 2.75) is 50.3 Å². The molecule has 4 heteroatoms. The lowest BCUT2D eigenvalue weighted by Crippen LogP contribution is -2.42. The van der Waals surface area contributed by atoms with Crippen LogP contribution in [0.5, 0.6) is 0 Å². The van der Waals surface area contributed by atoms with Crippen molar-refractivity contribution in [3.05, 3.63) is 42.0 Å². The van der Waals surface area contributed by atoms with Crippen LogP contribution in [0.15, 0.2) is 36.4 Å². The second-order valence-corrected chi connectivity index (χ2v) is 7.14. The van der Waals surface area contributed by atoms with Gasteiger partial charge in [0.15, 0.2) is 0 Å². The minimum absolute atomic E-state index is 0.191. The molecule has 4 rings (SSSR count). The molecule has 2 fully saturated rings. The lowest BCUT2D eigenvalue weighted by molar-refractivity contribution is 0.0689. The van der Waals surface area contributed by atoms with Gasteiger partial charge in [0.05, 0.1) is 12.1 Å². The molecule has 1 aromatic carbocycles. The number of nitrogens with zero attached hydrogens (tertiary/aromatic N) is 2. The molecule has 4 nitrogen and oxygen atoms in total. The summed E-state index contributed by atoms with van der Waals surface area (Å²) in [6, 6.07) is 8.91. The van der Waals surface area contributed by atoms with Gasteiger partial charge in [0.25, 0.3) is 5.91 Å². The highest BCUT2D eigenvalue weighted by Crippen LogP contribution is 2.33. The lowest BCUT2D eigenvalue weighted by Gasteiger charge is -2.33. The minimum Gasteiger partial charge on any atom is -0.381 e. The first-order valence-electron chi connectivity index (χ1n) is 9.13. The van der Waals surface area contributed by atoms with Crippen LogP contribution in [0.2, 0.25) is 0 Å². The third kappa shape index (κ3) is 2.84. The van der Waals surface area contributed by atoms with Crippen molar-refractivity contribution in [2.24, 2.45) is 0 Å². The average Bonchev–Trinajstić information content (AvgIpc) is 2.90. The van der Waals surface area contributed by atoms with E-state index in [1.54, 1.807) is 7.11 Å². The minimum atomic E-state index is 0.191. The molecule has 2 bridgehead atoms. The van der Waals surface area contributed by atoms with E-state index in [2.05, 4.69) is 34.1 Å². The highest BCUT2D eigenvalue weighted by atomic mass is 16.5. The number of benzene rings is 1. The fourth-order valence-electron chi connectivity index (χ4n) is 4.36. The molecule has 2 atom stereocenters. The molecule has 1 amide bonds. The maximum absolute atomic E-state index is 12.9. The maximum atomic E-state index is 12.9. The van der Waals surface area contributed by atoms with E-state index in [9.17, 15) is 4.79 Å². The molecule has 0 aromatic heterocycles. The van der Waals surface area contributed by atoms with Crippen LogP contribution in [0.1, 0.15) is 42.5 Å². The molecule has 0 spiro atoms. The van der Waals surface area contributed by atoms with E-state index in [1.165, 1.54) is 5.69 Å². The summed E-state index contributed by atoms with van der Waals surface area (Å²) in [4.78, 5) is 17.4. The molecule has 24 heavy (non-hydrogen) atoms. The highest BCUT2D eigenvalue weighted by Gasteiger charge is 2.37. The topological polar surface area (TPSA) is 32.8 Å². The van der Waals surface area contributed by atoms with Crippen molar-refractivity contribution in [2.75, 3.05) is 25.1 Å². The first kappa shape index (κ1) is 15.7. The summed E-state index contributed by atoms with van der Waals surface area (Å²) in [6.07, 6.45) is 10.2. The Hall–Kier alpha value is -1.81. The molecular weight excluding hydrogens is 300 g/mol. The van der Waals surface area contributed by atoms with Crippen LogP contribution in [0.3, 0.4) is 0 Å². The van der Waals surface area contributed by atoms with Crippen LogP contribution >= 0.6 is 0 Å². The summed E-state index contributed by atoms with van der Waals surface area (Å²) in [5, 5.41) is 0. The van der Waals surface area contributed by atoms with Crippen LogP contribution in [0.25, 0.3) is 0 Å². The summed E-state index contributed by atoms with van der Waals surface area (Å²) < 4.78 is 5.44. The van der Waals surface area contributed by atoms with Gasteiger partial charge in [0, 0.05) is 37.5 Å². The largest absolute Gasteiger partial charge is 0.381 e. The molecular formula is C20H26N2O2. The Morgan fingerprint density at radius 2 is 1.83 bits per heavy atom. The van der Waals surface area contributed by atoms with Crippen molar-refractivity contribution in [3.63, 3.8) is 0 Å². The van der Waals surface area contributed by atoms with Crippen LogP contribution in [0, 0.1) is 0 Å². The average molecular weight is 326 g/mol. The SMILES string of the molecule is COC1CCN(c2ccc(C(=O)N3C4C=CCC3CC4)cc2)CC1. The Morgan fingerprint density at radius 1 is 1.08 bits per heavy atom. The number of piperidine rings is 1. The first-order chi connectivity index (χ1) is 11.8. The Balaban J connectivity index is 1.44. The number of carbonyl (C=O) groups excluding carboxylic acids is 1. The summed E-state index contributed by atoms with van der Waals surface area (Å²) in [7, 11) is 1.80. The maximum Gasteiger partial charge on any atom is 0.254 e. The molecule has 3 heterocycles. The summed E-state index contributed by atoms with van der Waals surface area (Å²) >= 11 is 0. The van der Waals surface area contributed by atoms with Crippen LogP contribution in [0.4, 0.5) is 5.69 Å². The molecule has 0 aliphatic carbocycles. The van der Waals surface area contributed by atoms with Gasteiger partial charge in [0.1, 0.15) is 0 Å². The summed E-state index contributed by atoms with van der Waals surface area (Å²) in [6.45, 7) is 2.04. The number of fused-ring (bicyclic) bond motifs is 2. The number of carbonyl (C=O) groups is 1. The van der Waals surface area contributed by atoms with Crippen molar-refractivity contribution in [1.82, 2.24) is 4.90 Å². The number of anilines is 1. The smallest absolute Gasteiger partial charge is 0.254 e. The number of amides is 1. The van der Waals surface area contributed by atoms with Crippen molar-refractivity contribution < 1.29 is 9.53 Å². The van der Waals surface area contributed by atoms with E-state index >= 15 is 0 Å². The van der Waals surface area contributed by atoms with Gasteiger partial charge < -0.3 is 14.5 Å². The van der Waals surface area contributed by atoms with E-state index in [0.717, 1.165) is 50.8 Å². The standard InChI is InChI=1S/C20H26N2O2/c1-24-19-11-13-21(14-12-19)16-7-5-15(6-8-16)20(23)22-17-3-2-4-18(22)10-9-17/h2-3,5-8,17-19H,4,9-14H2,1H3. The lowest BCUT2D eigenvalue weighted by atomic mass is 10.1. The van der Waals surface area contributed by atoms with Gasteiger partial charge in [0.2, 0.25) is 0 Å². The summed E-state index contributed by atoms with van der Waals surface area (Å²) in [5.41, 5.74) is 2.03. The Bertz CT molecular complexity index is 617. The number of methoxy groups -OCH3 is 1.